The van der Waals surface area contributed by atoms with Crippen molar-refractivity contribution in [2.24, 2.45) is 0 Å². The highest BCUT2D eigenvalue weighted by atomic mass is 32.1. The molecule has 0 aliphatic heterocycles. The average Bonchev–Trinajstić information content (AvgIpc) is 2.73. The van der Waals surface area contributed by atoms with Crippen LogP contribution in [0, 0.1) is 0 Å². The standard InChI is InChI=1S/C22H28N2O4S/c1-4-5-6-9-14-28-19-11-8-7-10-17(19)21(25)24-22(29)23-18-15-16(26-2)12-13-20(18)27-3/h7-8,10-13,15H,4-6,9,14H2,1-3H3,(H2,23,24,25,29). The Morgan fingerprint density at radius 2 is 1.79 bits per heavy atom. The van der Waals surface area contributed by atoms with E-state index in [1.807, 2.05) is 6.07 Å². The van der Waals surface area contributed by atoms with Gasteiger partial charge in [0, 0.05) is 6.07 Å². The van der Waals surface area contributed by atoms with Gasteiger partial charge in [0.25, 0.3) is 5.91 Å². The number of rotatable bonds is 10. The van der Waals surface area contributed by atoms with Crippen LogP contribution in [0.1, 0.15) is 43.0 Å². The van der Waals surface area contributed by atoms with Crippen molar-refractivity contribution in [2.45, 2.75) is 32.6 Å². The zero-order valence-corrected chi connectivity index (χ0v) is 17.9. The van der Waals surface area contributed by atoms with Gasteiger partial charge >= 0.3 is 0 Å². The highest BCUT2D eigenvalue weighted by molar-refractivity contribution is 7.80. The molecule has 0 atom stereocenters. The van der Waals surface area contributed by atoms with Crippen molar-refractivity contribution in [3.05, 3.63) is 48.0 Å². The maximum absolute atomic E-state index is 12.7. The predicted molar refractivity (Wildman–Crippen MR) is 119 cm³/mol. The number of carbonyl (C=O) groups is 1. The van der Waals surface area contributed by atoms with Crippen LogP contribution < -0.4 is 24.8 Å². The molecular weight excluding hydrogens is 388 g/mol. The van der Waals surface area contributed by atoms with Gasteiger partial charge in [0.05, 0.1) is 32.1 Å². The Hall–Kier alpha value is -2.80. The van der Waals surface area contributed by atoms with Gasteiger partial charge in [-0.3, -0.25) is 10.1 Å². The summed E-state index contributed by atoms with van der Waals surface area (Å²) in [4.78, 5) is 12.7. The summed E-state index contributed by atoms with van der Waals surface area (Å²) >= 11 is 5.30. The summed E-state index contributed by atoms with van der Waals surface area (Å²) in [5, 5.41) is 5.82. The van der Waals surface area contributed by atoms with Crippen molar-refractivity contribution >= 4 is 28.9 Å². The van der Waals surface area contributed by atoms with Gasteiger partial charge in [-0.05, 0) is 42.9 Å². The summed E-state index contributed by atoms with van der Waals surface area (Å²) in [5.74, 6) is 1.43. The second-order valence-electron chi connectivity index (χ2n) is 6.38. The van der Waals surface area contributed by atoms with E-state index in [0.717, 1.165) is 12.8 Å². The summed E-state index contributed by atoms with van der Waals surface area (Å²) in [6.45, 7) is 2.74. The number of nitrogens with one attached hydrogen (secondary N) is 2. The zero-order chi connectivity index (χ0) is 21.1. The molecule has 2 aromatic rings. The molecule has 0 spiro atoms. The number of para-hydroxylation sites is 1. The van der Waals surface area contributed by atoms with E-state index in [1.54, 1.807) is 50.6 Å². The zero-order valence-electron chi connectivity index (χ0n) is 17.1. The van der Waals surface area contributed by atoms with Crippen molar-refractivity contribution in [2.75, 3.05) is 26.1 Å². The highest BCUT2D eigenvalue weighted by Crippen LogP contribution is 2.28. The molecule has 0 radical (unpaired) electrons. The van der Waals surface area contributed by atoms with Crippen LogP contribution in [0.15, 0.2) is 42.5 Å². The molecule has 0 aliphatic rings. The number of ether oxygens (including phenoxy) is 3. The molecule has 0 unspecified atom stereocenters. The number of unbranched alkanes of at least 4 members (excludes halogenated alkanes) is 3. The molecule has 0 bridgehead atoms. The van der Waals surface area contributed by atoms with Gasteiger partial charge in [-0.2, -0.15) is 0 Å². The van der Waals surface area contributed by atoms with Crippen LogP contribution in [-0.2, 0) is 0 Å². The van der Waals surface area contributed by atoms with E-state index in [1.165, 1.54) is 12.8 Å². The molecule has 2 N–H and O–H groups in total. The Kier molecular flexibility index (Phi) is 9.24. The second kappa shape index (κ2) is 11.9. The van der Waals surface area contributed by atoms with Crippen LogP contribution in [-0.4, -0.2) is 31.8 Å². The number of methoxy groups -OCH3 is 2. The number of hydrogen-bond acceptors (Lipinski definition) is 5. The van der Waals surface area contributed by atoms with E-state index in [0.29, 0.717) is 35.1 Å². The van der Waals surface area contributed by atoms with E-state index in [-0.39, 0.29) is 11.0 Å². The average molecular weight is 417 g/mol. The second-order valence-corrected chi connectivity index (χ2v) is 6.79. The largest absolute Gasteiger partial charge is 0.497 e. The van der Waals surface area contributed by atoms with E-state index in [4.69, 9.17) is 26.4 Å². The summed E-state index contributed by atoms with van der Waals surface area (Å²) < 4.78 is 16.3. The molecule has 0 aromatic heterocycles. The quantitative estimate of drug-likeness (QED) is 0.429. The number of amides is 1. The van der Waals surface area contributed by atoms with Crippen molar-refractivity contribution in [3.8, 4) is 17.2 Å². The van der Waals surface area contributed by atoms with Crippen molar-refractivity contribution in [1.29, 1.82) is 0 Å². The topological polar surface area (TPSA) is 68.8 Å². The number of hydrogen-bond donors (Lipinski definition) is 2. The molecule has 6 nitrogen and oxygen atoms in total. The van der Waals surface area contributed by atoms with Gasteiger partial charge in [-0.1, -0.05) is 38.3 Å². The van der Waals surface area contributed by atoms with Crippen LogP contribution in [0.4, 0.5) is 5.69 Å². The first-order valence-corrected chi connectivity index (χ1v) is 10.1. The van der Waals surface area contributed by atoms with E-state index in [9.17, 15) is 4.79 Å². The minimum atomic E-state index is -0.339. The van der Waals surface area contributed by atoms with Gasteiger partial charge in [-0.25, -0.2) is 0 Å². The van der Waals surface area contributed by atoms with Crippen molar-refractivity contribution < 1.29 is 19.0 Å². The molecule has 0 fully saturated rings. The number of benzene rings is 2. The maximum atomic E-state index is 12.7. The molecule has 7 heteroatoms. The SMILES string of the molecule is CCCCCCOc1ccccc1C(=O)NC(=S)Nc1cc(OC)ccc1OC. The predicted octanol–water partition coefficient (Wildman–Crippen LogP) is 4.79. The van der Waals surface area contributed by atoms with Crippen LogP contribution >= 0.6 is 12.2 Å². The van der Waals surface area contributed by atoms with E-state index >= 15 is 0 Å². The molecule has 2 aromatic carbocycles. The Morgan fingerprint density at radius 1 is 1.00 bits per heavy atom. The normalized spacial score (nSPS) is 10.2. The molecule has 0 heterocycles. The minimum absolute atomic E-state index is 0.152. The lowest BCUT2D eigenvalue weighted by Gasteiger charge is -2.15. The van der Waals surface area contributed by atoms with Gasteiger partial charge in [0.1, 0.15) is 17.2 Å². The lowest BCUT2D eigenvalue weighted by Crippen LogP contribution is -2.34. The number of anilines is 1. The lowest BCUT2D eigenvalue weighted by molar-refractivity contribution is 0.0973. The Morgan fingerprint density at radius 3 is 2.52 bits per heavy atom. The molecule has 0 aliphatic carbocycles. The smallest absolute Gasteiger partial charge is 0.261 e. The lowest BCUT2D eigenvalue weighted by atomic mass is 10.2. The van der Waals surface area contributed by atoms with Crippen LogP contribution in [0.25, 0.3) is 0 Å². The molecule has 0 saturated carbocycles. The molecule has 29 heavy (non-hydrogen) atoms. The number of carbonyl (C=O) groups excluding carboxylic acids is 1. The molecular formula is C22H28N2O4S. The summed E-state index contributed by atoms with van der Waals surface area (Å²) in [5.41, 5.74) is 1.03. The molecule has 0 saturated heterocycles. The van der Waals surface area contributed by atoms with Crippen LogP contribution in [0.3, 0.4) is 0 Å². The maximum Gasteiger partial charge on any atom is 0.261 e. The molecule has 2 rings (SSSR count). The first-order valence-electron chi connectivity index (χ1n) is 9.65. The fraction of sp³-hybridized carbons (Fsp3) is 0.364. The number of thiocarbonyl (C=S) groups is 1. The Bertz CT molecular complexity index is 826. The first kappa shape index (κ1) is 22.5. The highest BCUT2D eigenvalue weighted by Gasteiger charge is 2.15. The van der Waals surface area contributed by atoms with Gasteiger partial charge in [0.2, 0.25) is 0 Å². The molecule has 156 valence electrons. The van der Waals surface area contributed by atoms with Crippen LogP contribution in [0.5, 0.6) is 17.2 Å². The summed E-state index contributed by atoms with van der Waals surface area (Å²) in [6.07, 6.45) is 4.42. The fourth-order valence-corrected chi connectivity index (χ4v) is 2.93. The summed E-state index contributed by atoms with van der Waals surface area (Å²) in [6, 6.07) is 12.4. The van der Waals surface area contributed by atoms with Gasteiger partial charge < -0.3 is 19.5 Å². The fourth-order valence-electron chi connectivity index (χ4n) is 2.73. The third kappa shape index (κ3) is 6.94. The first-order chi connectivity index (χ1) is 14.1. The van der Waals surface area contributed by atoms with Crippen molar-refractivity contribution in [1.82, 2.24) is 5.32 Å². The van der Waals surface area contributed by atoms with Gasteiger partial charge in [-0.15, -0.1) is 0 Å². The van der Waals surface area contributed by atoms with Crippen LogP contribution in [0.2, 0.25) is 0 Å². The third-order valence-corrected chi connectivity index (χ3v) is 4.47. The Balaban J connectivity index is 2.00. The van der Waals surface area contributed by atoms with E-state index < -0.39 is 0 Å². The third-order valence-electron chi connectivity index (χ3n) is 4.27. The minimum Gasteiger partial charge on any atom is -0.497 e. The molecule has 1 amide bonds. The Labute approximate surface area is 177 Å². The van der Waals surface area contributed by atoms with Crippen molar-refractivity contribution in [3.63, 3.8) is 0 Å². The monoisotopic (exact) mass is 416 g/mol. The summed E-state index contributed by atoms with van der Waals surface area (Å²) in [7, 11) is 3.13. The van der Waals surface area contributed by atoms with E-state index in [2.05, 4.69) is 17.6 Å². The van der Waals surface area contributed by atoms with Gasteiger partial charge in [0.15, 0.2) is 5.11 Å².